The molecule has 0 bridgehead atoms. The minimum absolute atomic E-state index is 0.00260. The first-order valence-electron chi connectivity index (χ1n) is 6.37. The number of carboxylic acid groups (broad SMARTS) is 1. The number of hydrogen-bond donors (Lipinski definition) is 1. The summed E-state index contributed by atoms with van der Waals surface area (Å²) in [7, 11) is 1.97. The molecule has 2 atom stereocenters. The van der Waals surface area contributed by atoms with Crippen molar-refractivity contribution in [2.24, 2.45) is 5.92 Å². The molecule has 1 fully saturated rings. The van der Waals surface area contributed by atoms with E-state index in [1.165, 1.54) is 25.5 Å². The van der Waals surface area contributed by atoms with E-state index in [0.29, 0.717) is 17.8 Å². The average molecular weight is 249 g/mol. The van der Waals surface area contributed by atoms with Gasteiger partial charge in [-0.1, -0.05) is 19.8 Å². The fourth-order valence-corrected chi connectivity index (χ4v) is 2.67. The van der Waals surface area contributed by atoms with E-state index in [2.05, 4.69) is 21.8 Å². The molecule has 0 saturated heterocycles. The van der Waals surface area contributed by atoms with Crippen LogP contribution >= 0.6 is 0 Å². The lowest BCUT2D eigenvalue weighted by Gasteiger charge is -2.36. The van der Waals surface area contributed by atoms with Gasteiger partial charge in [-0.15, -0.1) is 0 Å². The van der Waals surface area contributed by atoms with Crippen molar-refractivity contribution in [1.29, 1.82) is 0 Å². The quantitative estimate of drug-likeness (QED) is 0.889. The zero-order chi connectivity index (χ0) is 13.1. The van der Waals surface area contributed by atoms with Gasteiger partial charge in [0.1, 0.15) is 5.82 Å². The van der Waals surface area contributed by atoms with E-state index in [-0.39, 0.29) is 5.69 Å². The first-order valence-corrected chi connectivity index (χ1v) is 6.37. The molecule has 0 radical (unpaired) electrons. The third kappa shape index (κ3) is 2.60. The molecule has 1 aromatic rings. The highest BCUT2D eigenvalue weighted by molar-refractivity contribution is 5.85. The molecule has 1 aliphatic carbocycles. The fourth-order valence-electron chi connectivity index (χ4n) is 2.67. The van der Waals surface area contributed by atoms with Gasteiger partial charge in [0, 0.05) is 13.1 Å². The van der Waals surface area contributed by atoms with E-state index < -0.39 is 5.97 Å². The molecule has 0 amide bonds. The highest BCUT2D eigenvalue weighted by atomic mass is 16.4. The normalized spacial score (nSPS) is 23.7. The topological polar surface area (TPSA) is 66.3 Å². The molecule has 0 spiro atoms. The molecule has 18 heavy (non-hydrogen) atoms. The van der Waals surface area contributed by atoms with E-state index in [0.717, 1.165) is 6.42 Å². The van der Waals surface area contributed by atoms with Crippen LogP contribution < -0.4 is 4.90 Å². The summed E-state index contributed by atoms with van der Waals surface area (Å²) in [6.07, 6.45) is 7.78. The second-order valence-corrected chi connectivity index (χ2v) is 5.01. The lowest BCUT2D eigenvalue weighted by atomic mass is 9.85. The van der Waals surface area contributed by atoms with Gasteiger partial charge in [-0.25, -0.2) is 9.78 Å². The maximum atomic E-state index is 10.9. The van der Waals surface area contributed by atoms with Gasteiger partial charge in [0.25, 0.3) is 0 Å². The number of anilines is 1. The maximum absolute atomic E-state index is 10.9. The SMILES string of the molecule is CC1CCCCC1N(C)c1cncc(C(=O)O)n1. The molecule has 1 heterocycles. The minimum atomic E-state index is -1.03. The minimum Gasteiger partial charge on any atom is -0.476 e. The van der Waals surface area contributed by atoms with Crippen LogP contribution in [-0.2, 0) is 0 Å². The van der Waals surface area contributed by atoms with Crippen molar-refractivity contribution in [2.45, 2.75) is 38.6 Å². The van der Waals surface area contributed by atoms with Crippen molar-refractivity contribution < 1.29 is 9.90 Å². The van der Waals surface area contributed by atoms with E-state index in [1.54, 1.807) is 6.20 Å². The Balaban J connectivity index is 2.19. The van der Waals surface area contributed by atoms with Crippen molar-refractivity contribution in [3.63, 3.8) is 0 Å². The van der Waals surface area contributed by atoms with Crippen LogP contribution in [-0.4, -0.2) is 34.1 Å². The zero-order valence-electron chi connectivity index (χ0n) is 10.8. The number of carbonyl (C=O) groups is 1. The van der Waals surface area contributed by atoms with Gasteiger partial charge in [-0.3, -0.25) is 4.98 Å². The summed E-state index contributed by atoms with van der Waals surface area (Å²) in [6.45, 7) is 2.24. The fraction of sp³-hybridized carbons (Fsp3) is 0.615. The smallest absolute Gasteiger partial charge is 0.356 e. The van der Waals surface area contributed by atoms with Crippen LogP contribution in [0.5, 0.6) is 0 Å². The summed E-state index contributed by atoms with van der Waals surface area (Å²) in [5, 5.41) is 8.93. The monoisotopic (exact) mass is 249 g/mol. The molecule has 1 N–H and O–H groups in total. The van der Waals surface area contributed by atoms with Crippen LogP contribution in [0.2, 0.25) is 0 Å². The summed E-state index contributed by atoms with van der Waals surface area (Å²) < 4.78 is 0. The molecule has 0 aliphatic heterocycles. The van der Waals surface area contributed by atoms with Crippen LogP contribution in [0.25, 0.3) is 0 Å². The van der Waals surface area contributed by atoms with Crippen LogP contribution in [0.1, 0.15) is 43.1 Å². The molecule has 2 unspecified atom stereocenters. The van der Waals surface area contributed by atoms with Gasteiger partial charge < -0.3 is 10.0 Å². The second-order valence-electron chi connectivity index (χ2n) is 5.01. The van der Waals surface area contributed by atoms with Crippen molar-refractivity contribution in [2.75, 3.05) is 11.9 Å². The molecule has 2 rings (SSSR count). The van der Waals surface area contributed by atoms with Crippen LogP contribution in [0.3, 0.4) is 0 Å². The summed E-state index contributed by atoms with van der Waals surface area (Å²) in [6, 6.07) is 0.428. The summed E-state index contributed by atoms with van der Waals surface area (Å²) in [5.74, 6) is 0.224. The summed E-state index contributed by atoms with van der Waals surface area (Å²) in [5.41, 5.74) is 0.00260. The number of carboxylic acids is 1. The van der Waals surface area contributed by atoms with E-state index >= 15 is 0 Å². The molecule has 1 aliphatic rings. The number of nitrogens with zero attached hydrogens (tertiary/aromatic N) is 3. The number of rotatable bonds is 3. The van der Waals surface area contributed by atoms with Crippen LogP contribution in [0, 0.1) is 5.92 Å². The molecule has 1 aromatic heterocycles. The standard InChI is InChI=1S/C13H19N3O2/c1-9-5-3-4-6-11(9)16(2)12-8-14-7-10(15-12)13(17)18/h7-9,11H,3-6H2,1-2H3,(H,17,18). The summed E-state index contributed by atoms with van der Waals surface area (Å²) >= 11 is 0. The van der Waals surface area contributed by atoms with Crippen molar-refractivity contribution in [1.82, 2.24) is 9.97 Å². The molecular weight excluding hydrogens is 230 g/mol. The lowest BCUT2D eigenvalue weighted by Crippen LogP contribution is -2.39. The van der Waals surface area contributed by atoms with Gasteiger partial charge in [-0.05, 0) is 18.8 Å². The van der Waals surface area contributed by atoms with Crippen molar-refractivity contribution in [3.05, 3.63) is 18.1 Å². The second kappa shape index (κ2) is 5.33. The van der Waals surface area contributed by atoms with Crippen LogP contribution in [0.15, 0.2) is 12.4 Å². The molecule has 5 nitrogen and oxygen atoms in total. The van der Waals surface area contributed by atoms with Crippen LogP contribution in [0.4, 0.5) is 5.82 Å². The van der Waals surface area contributed by atoms with Crippen molar-refractivity contribution in [3.8, 4) is 0 Å². The first-order chi connectivity index (χ1) is 8.59. The third-order valence-electron chi connectivity index (χ3n) is 3.77. The van der Waals surface area contributed by atoms with Gasteiger partial charge in [0.15, 0.2) is 5.69 Å². The summed E-state index contributed by atoms with van der Waals surface area (Å²) in [4.78, 5) is 21.1. The van der Waals surface area contributed by atoms with Gasteiger partial charge in [0.05, 0.1) is 12.4 Å². The highest BCUT2D eigenvalue weighted by Gasteiger charge is 2.26. The largest absolute Gasteiger partial charge is 0.476 e. The molecule has 98 valence electrons. The molecule has 0 aromatic carbocycles. The Morgan fingerprint density at radius 3 is 2.78 bits per heavy atom. The molecular formula is C13H19N3O2. The molecule has 1 saturated carbocycles. The van der Waals surface area contributed by atoms with Gasteiger partial charge in [0.2, 0.25) is 0 Å². The Morgan fingerprint density at radius 1 is 1.39 bits per heavy atom. The Morgan fingerprint density at radius 2 is 2.11 bits per heavy atom. The average Bonchev–Trinajstić information content (AvgIpc) is 2.38. The Bertz CT molecular complexity index is 436. The van der Waals surface area contributed by atoms with E-state index in [9.17, 15) is 4.79 Å². The van der Waals surface area contributed by atoms with Gasteiger partial charge in [-0.2, -0.15) is 0 Å². The van der Waals surface area contributed by atoms with E-state index in [4.69, 9.17) is 5.11 Å². The first kappa shape index (κ1) is 12.8. The predicted molar refractivity (Wildman–Crippen MR) is 68.8 cm³/mol. The number of aromatic nitrogens is 2. The Hall–Kier alpha value is -1.65. The third-order valence-corrected chi connectivity index (χ3v) is 3.77. The van der Waals surface area contributed by atoms with Crippen molar-refractivity contribution >= 4 is 11.8 Å². The lowest BCUT2D eigenvalue weighted by molar-refractivity contribution is 0.0690. The molecule has 5 heteroatoms. The Labute approximate surface area is 107 Å². The maximum Gasteiger partial charge on any atom is 0.356 e. The number of hydrogen-bond acceptors (Lipinski definition) is 4. The van der Waals surface area contributed by atoms with E-state index in [1.807, 2.05) is 7.05 Å². The predicted octanol–water partition coefficient (Wildman–Crippen LogP) is 2.19. The number of aromatic carboxylic acids is 1. The Kier molecular flexibility index (Phi) is 3.79. The van der Waals surface area contributed by atoms with Gasteiger partial charge >= 0.3 is 5.97 Å². The highest BCUT2D eigenvalue weighted by Crippen LogP contribution is 2.29. The zero-order valence-corrected chi connectivity index (χ0v) is 10.8.